The molecule has 12 bridgehead atoms. The van der Waals surface area contributed by atoms with Gasteiger partial charge >= 0.3 is 5.97 Å². The Hall–Kier alpha value is -3.61. The van der Waals surface area contributed by atoms with Gasteiger partial charge < -0.3 is 35.6 Å². The minimum Gasteiger partial charge on any atom is -0.504 e. The number of aryl methyl sites for hydroxylation is 1. The van der Waals surface area contributed by atoms with Crippen LogP contribution < -0.4 is 15.8 Å². The van der Waals surface area contributed by atoms with Crippen LogP contribution in [0.1, 0.15) is 195 Å². The average molecular weight is 1070 g/mol. The normalized spacial score (nSPS) is 41.8. The maximum atomic E-state index is 14.9. The van der Waals surface area contributed by atoms with Crippen molar-refractivity contribution >= 4 is 39.4 Å². The smallest absolute Gasteiger partial charge is 0.303 e. The molecule has 14 unspecified atom stereocenters. The highest BCUT2D eigenvalue weighted by Crippen LogP contribution is 2.69. The maximum absolute atomic E-state index is 14.9. The molecule has 10 nitrogen and oxygen atoms in total. The molecule has 76 heavy (non-hydrogen) atoms. The van der Waals surface area contributed by atoms with Crippen molar-refractivity contribution in [1.82, 2.24) is 10.2 Å². The molecular formula is C64H84N4O6S2. The van der Waals surface area contributed by atoms with Crippen molar-refractivity contribution in [3.05, 3.63) is 83.0 Å². The summed E-state index contributed by atoms with van der Waals surface area (Å²) in [4.78, 5) is 35.4. The van der Waals surface area contributed by atoms with Crippen molar-refractivity contribution in [2.75, 3.05) is 13.1 Å². The number of fused-ring (bicyclic) bond motifs is 2. The van der Waals surface area contributed by atoms with E-state index < -0.39 is 17.3 Å². The van der Waals surface area contributed by atoms with E-state index in [-0.39, 0.29) is 69.0 Å². The Bertz CT molecular complexity index is 2700. The number of aliphatic hydroxyl groups is 1. The summed E-state index contributed by atoms with van der Waals surface area (Å²) in [6.07, 6.45) is 34.9. The number of hydrogen-bond donors (Lipinski definition) is 4. The third kappa shape index (κ3) is 7.96. The number of ether oxygens (including phenoxy) is 2. The maximum Gasteiger partial charge on any atom is 0.303 e. The largest absolute Gasteiger partial charge is 0.504 e. The van der Waals surface area contributed by atoms with Gasteiger partial charge in [0.15, 0.2) is 17.5 Å². The Labute approximate surface area is 459 Å². The van der Waals surface area contributed by atoms with E-state index in [1.165, 1.54) is 83.1 Å². The third-order valence-corrected chi connectivity index (χ3v) is 27.5. The van der Waals surface area contributed by atoms with Gasteiger partial charge in [-0.2, -0.15) is 0 Å². The fourth-order valence-corrected chi connectivity index (χ4v) is 24.6. The van der Waals surface area contributed by atoms with E-state index in [0.29, 0.717) is 85.0 Å². The number of nitrogens with two attached hydrogens (primary N) is 1. The molecule has 9 aliphatic carbocycles. The summed E-state index contributed by atoms with van der Waals surface area (Å²) in [5.41, 5.74) is 10.2. The summed E-state index contributed by atoms with van der Waals surface area (Å²) < 4.78 is 13.8. The number of guanidine groups is 1. The van der Waals surface area contributed by atoms with Crippen LogP contribution in [0, 0.1) is 51.8 Å². The quantitative estimate of drug-likeness (QED) is 0.130. The van der Waals surface area contributed by atoms with E-state index in [0.717, 1.165) is 75.3 Å². The van der Waals surface area contributed by atoms with Gasteiger partial charge in [0.25, 0.3) is 0 Å². The number of aliphatic hydroxyl groups excluding tert-OH is 1. The second kappa shape index (κ2) is 19.0. The van der Waals surface area contributed by atoms with Crippen LogP contribution in [0.5, 0.6) is 11.5 Å². The fourth-order valence-electron chi connectivity index (χ4n) is 20.5. The molecule has 2 aromatic carbocycles. The molecule has 16 aliphatic rings. The van der Waals surface area contributed by atoms with Gasteiger partial charge in [0.05, 0.1) is 6.10 Å². The van der Waals surface area contributed by atoms with E-state index in [2.05, 4.69) is 87.6 Å². The highest BCUT2D eigenvalue weighted by atomic mass is 33.1. The van der Waals surface area contributed by atoms with Crippen molar-refractivity contribution < 1.29 is 29.3 Å². The molecule has 1 amide bonds. The summed E-state index contributed by atoms with van der Waals surface area (Å²) in [7, 11) is 4.25. The first-order valence-corrected chi connectivity index (χ1v) is 32.6. The van der Waals surface area contributed by atoms with E-state index in [4.69, 9.17) is 20.2 Å². The number of carbonyl (C=O) groups excluding carboxylic acids is 2. The Morgan fingerprint density at radius 1 is 0.855 bits per heavy atom. The van der Waals surface area contributed by atoms with Crippen LogP contribution in [0.3, 0.4) is 0 Å². The van der Waals surface area contributed by atoms with Crippen LogP contribution in [0.2, 0.25) is 0 Å². The number of nitrogens with zero attached hydrogens (tertiary/aromatic N) is 2. The number of nitrogens with one attached hydrogen (secondary N) is 1. The van der Waals surface area contributed by atoms with Crippen LogP contribution >= 0.6 is 21.6 Å². The van der Waals surface area contributed by atoms with Gasteiger partial charge in [0.1, 0.15) is 16.1 Å². The molecular weight excluding hydrogens is 985 g/mol. The molecule has 7 aliphatic heterocycles. The molecule has 5 spiro atoms. The van der Waals surface area contributed by atoms with Crippen molar-refractivity contribution in [2.24, 2.45) is 62.5 Å². The molecule has 2 aromatic rings. The summed E-state index contributed by atoms with van der Waals surface area (Å²) in [5.74, 6) is 3.52. The number of benzene rings is 2. The standard InChI is InChI=1S/C64H84N4O6S2/c1-40(69)73-60-30-20-42-33-44(56(72)57-55(42)43-21-32-63(74-57)28-9-13-45(63)34-43)38-68-39-62(36-54(68)71)46(14-16-49(62)41-11-3-2-4-12-41)37-66-58(65)67-64(29-10-25-59(64)23-5-6-24-59)76-75-53-19-18-50-47(48(22-31-60)52(70)35-60)15-17-51(53)61(50)26-7-8-27-61/h2-4,11-12,18-19,21,32-33,43,45-53,70,72H,5-10,13-17,20,22-31,34-39H2,1H3,(H3,65,66,67). The van der Waals surface area contributed by atoms with Crippen LogP contribution in [0.15, 0.2) is 65.7 Å². The second-order valence-electron chi connectivity index (χ2n) is 27.1. The monoisotopic (exact) mass is 1070 g/mol. The number of rotatable bonds is 2. The number of amides is 1. The van der Waals surface area contributed by atoms with Crippen LogP contribution in [0.4, 0.5) is 0 Å². The Morgan fingerprint density at radius 3 is 2.49 bits per heavy atom. The Morgan fingerprint density at radius 2 is 1.67 bits per heavy atom. The molecule has 14 atom stereocenters. The average Bonchev–Trinajstić information content (AvgIpc) is 4.36. The van der Waals surface area contributed by atoms with Crippen LogP contribution in [-0.2, 0) is 27.3 Å². The summed E-state index contributed by atoms with van der Waals surface area (Å²) >= 11 is 0. The SMILES string of the molecule is CC(=O)OC12CCc3cc(c(O)c4c3C3C=CC5(CCCC5C3)O4)CN3CC4(CC3=O)C(CCC4c3ccccc3)CN=C(N)NC3(CCCC34CCCC4)SSC3C=CC4C(CCC3C43CCCC3)C(CC1)C(O)C2. The minimum absolute atomic E-state index is 0.0884. The zero-order valence-corrected chi connectivity index (χ0v) is 46.8. The fraction of sp³-hybridized carbons (Fsp3) is 0.703. The lowest BCUT2D eigenvalue weighted by Crippen LogP contribution is -2.56. The number of allylic oxidation sites excluding steroid dienone is 2. The number of esters is 1. The Kier molecular flexibility index (Phi) is 12.7. The molecule has 5 N–H and O–H groups in total. The predicted octanol–water partition coefficient (Wildman–Crippen LogP) is 12.6. The first kappa shape index (κ1) is 50.6. The topological polar surface area (TPSA) is 147 Å². The van der Waals surface area contributed by atoms with Crippen LogP contribution in [-0.4, -0.2) is 73.5 Å². The molecule has 0 radical (unpaired) electrons. The second-order valence-corrected chi connectivity index (χ2v) is 29.8. The lowest BCUT2D eigenvalue weighted by Gasteiger charge is -2.58. The molecule has 18 rings (SSSR count). The number of aliphatic imine (C=N–C) groups is 1. The van der Waals surface area contributed by atoms with Gasteiger partial charge in [0, 0.05) is 78.4 Å². The molecule has 7 heterocycles. The van der Waals surface area contributed by atoms with E-state index in [9.17, 15) is 19.8 Å². The summed E-state index contributed by atoms with van der Waals surface area (Å²) in [6.45, 7) is 2.96. The van der Waals surface area contributed by atoms with Crippen molar-refractivity contribution in [3.63, 3.8) is 0 Å². The van der Waals surface area contributed by atoms with Gasteiger partial charge in [-0.25, -0.2) is 0 Å². The minimum atomic E-state index is -0.815. The van der Waals surface area contributed by atoms with E-state index in [1.54, 1.807) is 0 Å². The lowest BCUT2D eigenvalue weighted by molar-refractivity contribution is -0.172. The highest BCUT2D eigenvalue weighted by molar-refractivity contribution is 8.77. The number of carbonyl (C=O) groups is 2. The lowest BCUT2D eigenvalue weighted by atomic mass is 9.49. The summed E-state index contributed by atoms with van der Waals surface area (Å²) in [6, 6.07) is 13.0. The Balaban J connectivity index is 0.870. The van der Waals surface area contributed by atoms with Gasteiger partial charge in [-0.3, -0.25) is 14.6 Å². The number of phenolic OH excluding ortho intramolecular Hbond substituents is 1. The van der Waals surface area contributed by atoms with E-state index >= 15 is 0 Å². The number of phenols is 1. The molecule has 7 saturated carbocycles. The van der Waals surface area contributed by atoms with E-state index in [1.807, 2.05) is 4.90 Å². The predicted molar refractivity (Wildman–Crippen MR) is 302 cm³/mol. The molecule has 8 fully saturated rings. The van der Waals surface area contributed by atoms with Gasteiger partial charge in [-0.15, -0.1) is 0 Å². The molecule has 12 heteroatoms. The first-order valence-electron chi connectivity index (χ1n) is 30.4. The molecule has 408 valence electrons. The van der Waals surface area contributed by atoms with Crippen LogP contribution in [0.25, 0.3) is 0 Å². The molecule has 0 aromatic heterocycles. The van der Waals surface area contributed by atoms with Crippen molar-refractivity contribution in [2.45, 2.75) is 213 Å². The third-order valence-electron chi connectivity index (χ3n) is 23.9. The van der Waals surface area contributed by atoms with Crippen molar-refractivity contribution in [3.8, 4) is 11.5 Å². The summed E-state index contributed by atoms with van der Waals surface area (Å²) in [5, 5.41) is 29.9. The van der Waals surface area contributed by atoms with Gasteiger partial charge in [-0.05, 0) is 186 Å². The molecule has 1 saturated heterocycles. The zero-order valence-electron chi connectivity index (χ0n) is 45.2. The first-order chi connectivity index (χ1) is 36.9. The van der Waals surface area contributed by atoms with Crippen molar-refractivity contribution in [1.29, 1.82) is 0 Å². The highest BCUT2D eigenvalue weighted by Gasteiger charge is 2.62. The number of aromatic hydroxyl groups is 1. The number of hydrogen-bond acceptors (Lipinski definition) is 11. The van der Waals surface area contributed by atoms with Gasteiger partial charge in [0.2, 0.25) is 5.91 Å². The van der Waals surface area contributed by atoms with Gasteiger partial charge in [-0.1, -0.05) is 95.8 Å². The zero-order chi connectivity index (χ0) is 51.7.